The summed E-state index contributed by atoms with van der Waals surface area (Å²) in [7, 11) is 1.89. The smallest absolute Gasteiger partial charge is 0.133 e. The number of nitrogens with one attached hydrogen (secondary N) is 1. The SMILES string of the molecule is C=Cc1c(-c2ccc(CN3CCCCCCC3)cc2)ccnc1NC. The first-order chi connectivity index (χ1) is 12.3. The predicted molar refractivity (Wildman–Crippen MR) is 108 cm³/mol. The zero-order valence-corrected chi connectivity index (χ0v) is 15.3. The van der Waals surface area contributed by atoms with Crippen molar-refractivity contribution >= 4 is 11.9 Å². The first-order valence-corrected chi connectivity index (χ1v) is 9.42. The van der Waals surface area contributed by atoms with Gasteiger partial charge in [0.05, 0.1) is 0 Å². The number of pyridine rings is 1. The highest BCUT2D eigenvalue weighted by Gasteiger charge is 2.10. The van der Waals surface area contributed by atoms with Gasteiger partial charge < -0.3 is 5.32 Å². The first-order valence-electron chi connectivity index (χ1n) is 9.42. The van der Waals surface area contributed by atoms with E-state index in [0.717, 1.165) is 17.9 Å². The lowest BCUT2D eigenvalue weighted by Gasteiger charge is -2.24. The summed E-state index contributed by atoms with van der Waals surface area (Å²) in [6.45, 7) is 7.48. The molecule has 3 heteroatoms. The van der Waals surface area contributed by atoms with E-state index in [2.05, 4.69) is 52.1 Å². The minimum absolute atomic E-state index is 0.872. The summed E-state index contributed by atoms with van der Waals surface area (Å²) in [5.41, 5.74) is 4.84. The quantitative estimate of drug-likeness (QED) is 0.814. The lowest BCUT2D eigenvalue weighted by Crippen LogP contribution is -2.26. The molecule has 1 aliphatic heterocycles. The molecule has 1 fully saturated rings. The van der Waals surface area contributed by atoms with E-state index in [1.807, 2.05) is 19.3 Å². The summed E-state index contributed by atoms with van der Waals surface area (Å²) < 4.78 is 0. The van der Waals surface area contributed by atoms with E-state index in [0.29, 0.717) is 0 Å². The molecule has 0 radical (unpaired) electrons. The Kier molecular flexibility index (Phi) is 6.24. The summed E-state index contributed by atoms with van der Waals surface area (Å²) in [5, 5.41) is 3.14. The van der Waals surface area contributed by atoms with Crippen molar-refractivity contribution in [3.8, 4) is 11.1 Å². The largest absolute Gasteiger partial charge is 0.373 e. The van der Waals surface area contributed by atoms with Crippen molar-refractivity contribution < 1.29 is 0 Å². The molecule has 1 N–H and O–H groups in total. The molecule has 2 heterocycles. The zero-order valence-electron chi connectivity index (χ0n) is 15.3. The van der Waals surface area contributed by atoms with Gasteiger partial charge in [0.15, 0.2) is 0 Å². The second kappa shape index (κ2) is 8.82. The highest BCUT2D eigenvalue weighted by molar-refractivity contribution is 5.80. The summed E-state index contributed by atoms with van der Waals surface area (Å²) >= 11 is 0. The Morgan fingerprint density at radius 3 is 2.36 bits per heavy atom. The third-order valence-corrected chi connectivity index (χ3v) is 5.05. The van der Waals surface area contributed by atoms with Crippen LogP contribution >= 0.6 is 0 Å². The van der Waals surface area contributed by atoms with E-state index < -0.39 is 0 Å². The van der Waals surface area contributed by atoms with Crippen molar-refractivity contribution in [2.24, 2.45) is 0 Å². The topological polar surface area (TPSA) is 28.2 Å². The van der Waals surface area contributed by atoms with Crippen LogP contribution in [-0.4, -0.2) is 30.0 Å². The fraction of sp³-hybridized carbons (Fsp3) is 0.409. The molecule has 1 aromatic heterocycles. The van der Waals surface area contributed by atoms with Gasteiger partial charge in [-0.05, 0) is 48.7 Å². The van der Waals surface area contributed by atoms with E-state index in [4.69, 9.17) is 0 Å². The van der Waals surface area contributed by atoms with Gasteiger partial charge in [-0.3, -0.25) is 4.90 Å². The Morgan fingerprint density at radius 2 is 1.72 bits per heavy atom. The zero-order chi connectivity index (χ0) is 17.5. The van der Waals surface area contributed by atoms with E-state index in [-0.39, 0.29) is 0 Å². The van der Waals surface area contributed by atoms with Crippen molar-refractivity contribution in [1.29, 1.82) is 0 Å². The minimum atomic E-state index is 0.872. The van der Waals surface area contributed by atoms with Gasteiger partial charge in [0, 0.05) is 25.4 Å². The Hall–Kier alpha value is -2.13. The lowest BCUT2D eigenvalue weighted by molar-refractivity contribution is 0.240. The molecule has 132 valence electrons. The molecule has 3 nitrogen and oxygen atoms in total. The molecule has 0 bridgehead atoms. The number of rotatable bonds is 5. The molecule has 0 saturated carbocycles. The number of hydrogen-bond donors (Lipinski definition) is 1. The standard InChI is InChI=1S/C22H29N3/c1-3-20-21(13-14-24-22(20)23-2)19-11-9-18(10-12-19)17-25-15-7-5-4-6-8-16-25/h3,9-14H,1,4-8,15-17H2,2H3,(H,23,24). The van der Waals surface area contributed by atoms with Crippen LogP contribution in [0.5, 0.6) is 0 Å². The van der Waals surface area contributed by atoms with Gasteiger partial charge in [-0.25, -0.2) is 4.98 Å². The van der Waals surface area contributed by atoms with Crippen LogP contribution in [0, 0.1) is 0 Å². The fourth-order valence-corrected chi connectivity index (χ4v) is 3.65. The Bertz CT molecular complexity index is 683. The molecule has 1 aliphatic rings. The molecule has 0 aliphatic carbocycles. The van der Waals surface area contributed by atoms with Gasteiger partial charge in [0.2, 0.25) is 0 Å². The van der Waals surface area contributed by atoms with Gasteiger partial charge in [-0.1, -0.05) is 56.2 Å². The van der Waals surface area contributed by atoms with Crippen molar-refractivity contribution in [3.05, 3.63) is 54.2 Å². The first kappa shape index (κ1) is 17.7. The van der Waals surface area contributed by atoms with Crippen LogP contribution in [0.1, 0.15) is 43.2 Å². The normalized spacial score (nSPS) is 16.0. The predicted octanol–water partition coefficient (Wildman–Crippen LogP) is 5.20. The van der Waals surface area contributed by atoms with E-state index in [1.165, 1.54) is 61.9 Å². The number of aromatic nitrogens is 1. The second-order valence-corrected chi connectivity index (χ2v) is 6.82. The maximum absolute atomic E-state index is 4.38. The maximum Gasteiger partial charge on any atom is 0.133 e. The molecule has 0 unspecified atom stereocenters. The summed E-state index contributed by atoms with van der Waals surface area (Å²) in [6.07, 6.45) is 10.6. The van der Waals surface area contributed by atoms with E-state index >= 15 is 0 Å². The number of anilines is 1. The van der Waals surface area contributed by atoms with Crippen molar-refractivity contribution in [3.63, 3.8) is 0 Å². The Morgan fingerprint density at radius 1 is 1.04 bits per heavy atom. The summed E-state index contributed by atoms with van der Waals surface area (Å²) in [5.74, 6) is 0.872. The minimum Gasteiger partial charge on any atom is -0.373 e. The number of benzene rings is 1. The molecule has 2 aromatic rings. The molecule has 1 aromatic carbocycles. The molecule has 25 heavy (non-hydrogen) atoms. The number of hydrogen-bond acceptors (Lipinski definition) is 3. The lowest BCUT2D eigenvalue weighted by atomic mass is 9.99. The average Bonchev–Trinajstić information content (AvgIpc) is 2.63. The molecule has 0 atom stereocenters. The highest BCUT2D eigenvalue weighted by atomic mass is 15.1. The van der Waals surface area contributed by atoms with Crippen LogP contribution in [0.15, 0.2) is 43.1 Å². The fourth-order valence-electron chi connectivity index (χ4n) is 3.65. The van der Waals surface area contributed by atoms with Gasteiger partial charge in [-0.2, -0.15) is 0 Å². The van der Waals surface area contributed by atoms with Crippen LogP contribution < -0.4 is 5.32 Å². The van der Waals surface area contributed by atoms with E-state index in [9.17, 15) is 0 Å². The summed E-state index contributed by atoms with van der Waals surface area (Å²) in [4.78, 5) is 6.98. The Labute approximate surface area is 151 Å². The van der Waals surface area contributed by atoms with Gasteiger partial charge in [0.1, 0.15) is 5.82 Å². The van der Waals surface area contributed by atoms with Crippen LogP contribution in [0.4, 0.5) is 5.82 Å². The summed E-state index contributed by atoms with van der Waals surface area (Å²) in [6, 6.07) is 11.0. The van der Waals surface area contributed by atoms with Crippen LogP contribution in [0.3, 0.4) is 0 Å². The average molecular weight is 335 g/mol. The molecule has 1 saturated heterocycles. The maximum atomic E-state index is 4.38. The van der Waals surface area contributed by atoms with Crippen molar-refractivity contribution in [2.75, 3.05) is 25.5 Å². The van der Waals surface area contributed by atoms with Crippen LogP contribution in [0.25, 0.3) is 17.2 Å². The molecule has 3 rings (SSSR count). The third-order valence-electron chi connectivity index (χ3n) is 5.05. The highest BCUT2D eigenvalue weighted by Crippen LogP contribution is 2.29. The molecular weight excluding hydrogens is 306 g/mol. The van der Waals surface area contributed by atoms with E-state index in [1.54, 1.807) is 0 Å². The van der Waals surface area contributed by atoms with Crippen LogP contribution in [-0.2, 0) is 6.54 Å². The monoisotopic (exact) mass is 335 g/mol. The van der Waals surface area contributed by atoms with Gasteiger partial charge in [-0.15, -0.1) is 0 Å². The van der Waals surface area contributed by atoms with Gasteiger partial charge in [0.25, 0.3) is 0 Å². The number of nitrogens with zero attached hydrogens (tertiary/aromatic N) is 2. The molecule has 0 amide bonds. The van der Waals surface area contributed by atoms with Crippen LogP contribution in [0.2, 0.25) is 0 Å². The third kappa shape index (κ3) is 4.49. The molecular formula is C22H29N3. The van der Waals surface area contributed by atoms with Crippen molar-refractivity contribution in [1.82, 2.24) is 9.88 Å². The number of likely N-dealkylation sites (tertiary alicyclic amines) is 1. The van der Waals surface area contributed by atoms with Gasteiger partial charge >= 0.3 is 0 Å². The Balaban J connectivity index is 1.75. The second-order valence-electron chi connectivity index (χ2n) is 6.82. The van der Waals surface area contributed by atoms with Crippen molar-refractivity contribution in [2.45, 2.75) is 38.6 Å². The molecule has 0 spiro atoms.